The molecule has 11 nitrogen and oxygen atoms in total. The van der Waals surface area contributed by atoms with Crippen LogP contribution in [0.5, 0.6) is 0 Å². The third kappa shape index (κ3) is 3.87. The summed E-state index contributed by atoms with van der Waals surface area (Å²) in [4.78, 5) is 33.4. The fourth-order valence-electron chi connectivity index (χ4n) is 3.35. The molecule has 0 bridgehead atoms. The summed E-state index contributed by atoms with van der Waals surface area (Å²) in [5.74, 6) is 2.61. The van der Waals surface area contributed by atoms with E-state index < -0.39 is 0 Å². The monoisotopic (exact) mass is 373 g/mol. The van der Waals surface area contributed by atoms with Gasteiger partial charge in [0.05, 0.1) is 13.2 Å². The van der Waals surface area contributed by atoms with Crippen molar-refractivity contribution >= 4 is 29.4 Å². The summed E-state index contributed by atoms with van der Waals surface area (Å²) in [7, 11) is 0. The predicted octanol–water partition coefficient (Wildman–Crippen LogP) is -1.11. The molecule has 0 saturated carbocycles. The predicted molar refractivity (Wildman–Crippen MR) is 103 cm³/mol. The zero-order valence-electron chi connectivity index (χ0n) is 15.0. The highest BCUT2D eigenvalue weighted by atomic mass is 16.5. The summed E-state index contributed by atoms with van der Waals surface area (Å²) in [5.41, 5.74) is 11.3. The fraction of sp³-hybridized carbons (Fsp3) is 0.500. The van der Waals surface area contributed by atoms with E-state index in [1.807, 2.05) is 11.0 Å². The Morgan fingerprint density at radius 2 is 1.33 bits per heavy atom. The summed E-state index contributed by atoms with van der Waals surface area (Å²) in [6, 6.07) is 3.44. The number of aromatic amines is 1. The molecule has 2 fully saturated rings. The van der Waals surface area contributed by atoms with Gasteiger partial charge in [0.25, 0.3) is 5.56 Å². The van der Waals surface area contributed by atoms with Gasteiger partial charge in [0.15, 0.2) is 0 Å². The van der Waals surface area contributed by atoms with Crippen LogP contribution in [0.3, 0.4) is 0 Å². The Hall–Kier alpha value is -3.08. The molecule has 2 aromatic rings. The summed E-state index contributed by atoms with van der Waals surface area (Å²) in [6.45, 7) is 5.81. The van der Waals surface area contributed by atoms with Crippen LogP contribution in [-0.2, 0) is 4.74 Å². The normalized spacial score (nSPS) is 18.0. The lowest BCUT2D eigenvalue weighted by atomic mass is 10.3. The van der Waals surface area contributed by atoms with Crippen molar-refractivity contribution in [2.24, 2.45) is 0 Å². The number of hydrogen-bond acceptors (Lipinski definition) is 10. The van der Waals surface area contributed by atoms with Crippen molar-refractivity contribution in [1.29, 1.82) is 0 Å². The van der Waals surface area contributed by atoms with Gasteiger partial charge in [-0.2, -0.15) is 15.0 Å². The zero-order valence-corrected chi connectivity index (χ0v) is 15.0. The number of hydrogen-bond donors (Lipinski definition) is 3. The number of piperazine rings is 1. The summed E-state index contributed by atoms with van der Waals surface area (Å²) < 4.78 is 5.40. The fourth-order valence-corrected chi connectivity index (χ4v) is 3.35. The number of H-pyrrole nitrogens is 1. The number of morpholine rings is 1. The first-order chi connectivity index (χ1) is 13.1. The van der Waals surface area contributed by atoms with Crippen molar-refractivity contribution < 1.29 is 4.74 Å². The first kappa shape index (κ1) is 17.3. The molecule has 0 amide bonds. The van der Waals surface area contributed by atoms with Crippen molar-refractivity contribution in [2.75, 3.05) is 78.6 Å². The molecule has 144 valence electrons. The summed E-state index contributed by atoms with van der Waals surface area (Å²) >= 11 is 0. The molecular weight excluding hydrogens is 350 g/mol. The average molecular weight is 373 g/mol. The maximum absolute atomic E-state index is 11.6. The van der Waals surface area contributed by atoms with Gasteiger partial charge in [-0.25, -0.2) is 0 Å². The number of aromatic nitrogens is 4. The minimum Gasteiger partial charge on any atom is -0.378 e. The molecule has 0 spiro atoms. The van der Waals surface area contributed by atoms with Crippen molar-refractivity contribution in [3.63, 3.8) is 0 Å². The minimum absolute atomic E-state index is 0.124. The van der Waals surface area contributed by atoms with Gasteiger partial charge in [0.2, 0.25) is 11.9 Å². The van der Waals surface area contributed by atoms with E-state index in [4.69, 9.17) is 16.2 Å². The molecule has 5 N–H and O–H groups in total. The summed E-state index contributed by atoms with van der Waals surface area (Å²) in [5, 5.41) is 0. The Bertz CT molecular complexity index is 857. The molecule has 2 aromatic heterocycles. The van der Waals surface area contributed by atoms with Crippen LogP contribution in [-0.4, -0.2) is 72.4 Å². The highest BCUT2D eigenvalue weighted by Crippen LogP contribution is 2.23. The Morgan fingerprint density at radius 1 is 0.815 bits per heavy atom. The Balaban J connectivity index is 1.47. The zero-order chi connectivity index (χ0) is 18.8. The summed E-state index contributed by atoms with van der Waals surface area (Å²) in [6.07, 6.45) is 0. The van der Waals surface area contributed by atoms with Crippen LogP contribution in [0.1, 0.15) is 0 Å². The molecule has 2 aliphatic rings. The van der Waals surface area contributed by atoms with Crippen LogP contribution in [0.2, 0.25) is 0 Å². The second kappa shape index (κ2) is 7.27. The van der Waals surface area contributed by atoms with Crippen molar-refractivity contribution in [1.82, 2.24) is 19.9 Å². The number of nitrogen functional groups attached to an aromatic ring is 2. The topological polar surface area (TPSA) is 143 Å². The van der Waals surface area contributed by atoms with Crippen LogP contribution < -0.4 is 31.7 Å². The van der Waals surface area contributed by atoms with E-state index in [1.165, 1.54) is 6.07 Å². The lowest BCUT2D eigenvalue weighted by Crippen LogP contribution is -2.47. The van der Waals surface area contributed by atoms with Gasteiger partial charge in [-0.1, -0.05) is 0 Å². The number of nitrogens with one attached hydrogen (secondary N) is 1. The van der Waals surface area contributed by atoms with E-state index in [0.29, 0.717) is 32.1 Å². The van der Waals surface area contributed by atoms with Crippen LogP contribution in [0.15, 0.2) is 16.9 Å². The molecule has 4 heterocycles. The van der Waals surface area contributed by atoms with E-state index in [9.17, 15) is 4.79 Å². The number of rotatable bonds is 3. The molecule has 0 aromatic carbocycles. The van der Waals surface area contributed by atoms with Crippen LogP contribution in [0.25, 0.3) is 0 Å². The number of nitrogens with zero attached hydrogens (tertiary/aromatic N) is 6. The molecule has 4 rings (SSSR count). The molecule has 0 unspecified atom stereocenters. The lowest BCUT2D eigenvalue weighted by molar-refractivity contribution is 0.122. The second-order valence-corrected chi connectivity index (χ2v) is 6.50. The first-order valence-electron chi connectivity index (χ1n) is 8.92. The molecule has 27 heavy (non-hydrogen) atoms. The Labute approximate surface area is 156 Å². The SMILES string of the molecule is Nc1nc(N2CCOCC2)cc(N2CCN(c3cc(=O)[nH]c(N)n3)CC2)n1. The Kier molecular flexibility index (Phi) is 4.67. The van der Waals surface area contributed by atoms with Crippen molar-refractivity contribution in [2.45, 2.75) is 0 Å². The third-order valence-electron chi connectivity index (χ3n) is 4.73. The van der Waals surface area contributed by atoms with Gasteiger partial charge >= 0.3 is 0 Å². The number of ether oxygens (including phenoxy) is 1. The Morgan fingerprint density at radius 3 is 1.89 bits per heavy atom. The maximum atomic E-state index is 11.6. The van der Waals surface area contributed by atoms with Crippen LogP contribution >= 0.6 is 0 Å². The second-order valence-electron chi connectivity index (χ2n) is 6.50. The van der Waals surface area contributed by atoms with Gasteiger partial charge in [0, 0.05) is 51.4 Å². The highest BCUT2D eigenvalue weighted by molar-refractivity contribution is 5.55. The molecule has 2 saturated heterocycles. The van der Waals surface area contributed by atoms with Gasteiger partial charge in [-0.05, 0) is 0 Å². The largest absolute Gasteiger partial charge is 0.378 e. The average Bonchev–Trinajstić information content (AvgIpc) is 2.67. The molecule has 0 atom stereocenters. The maximum Gasteiger partial charge on any atom is 0.254 e. The molecular formula is C16H23N9O2. The van der Waals surface area contributed by atoms with Crippen molar-refractivity contribution in [3.05, 3.63) is 22.5 Å². The van der Waals surface area contributed by atoms with E-state index in [-0.39, 0.29) is 17.5 Å². The van der Waals surface area contributed by atoms with Gasteiger partial charge in [-0.3, -0.25) is 9.78 Å². The van der Waals surface area contributed by atoms with E-state index in [2.05, 4.69) is 29.7 Å². The highest BCUT2D eigenvalue weighted by Gasteiger charge is 2.22. The quantitative estimate of drug-likeness (QED) is 0.606. The smallest absolute Gasteiger partial charge is 0.254 e. The van der Waals surface area contributed by atoms with Crippen LogP contribution in [0, 0.1) is 0 Å². The molecule has 2 aliphatic heterocycles. The van der Waals surface area contributed by atoms with Crippen molar-refractivity contribution in [3.8, 4) is 0 Å². The number of nitrogens with two attached hydrogens (primary N) is 2. The molecule has 11 heteroatoms. The molecule has 0 radical (unpaired) electrons. The number of anilines is 5. The van der Waals surface area contributed by atoms with Gasteiger partial charge in [-0.15, -0.1) is 0 Å². The van der Waals surface area contributed by atoms with Gasteiger partial charge < -0.3 is 30.9 Å². The van der Waals surface area contributed by atoms with Crippen LogP contribution in [0.4, 0.5) is 29.4 Å². The van der Waals surface area contributed by atoms with E-state index >= 15 is 0 Å². The van der Waals surface area contributed by atoms with E-state index in [1.54, 1.807) is 0 Å². The lowest BCUT2D eigenvalue weighted by Gasteiger charge is -2.36. The van der Waals surface area contributed by atoms with E-state index in [0.717, 1.165) is 37.8 Å². The minimum atomic E-state index is -0.251. The van der Waals surface area contributed by atoms with Gasteiger partial charge in [0.1, 0.15) is 17.5 Å². The first-order valence-corrected chi connectivity index (χ1v) is 8.92. The third-order valence-corrected chi connectivity index (χ3v) is 4.73. The standard InChI is InChI=1S/C16H23N9O2/c17-15-19-11(9-12(20-15)25-5-7-27-8-6-25)23-1-3-24(4-2-23)13-10-14(26)22-16(18)21-13/h9-10H,1-8H2,(H2,17,19,20)(H3,18,21,22,26). The molecule has 0 aliphatic carbocycles.